The molecule has 0 aliphatic carbocycles. The maximum atomic E-state index is 14.3. The van der Waals surface area contributed by atoms with Gasteiger partial charge in [0.1, 0.15) is 0 Å². The fourth-order valence-electron chi connectivity index (χ4n) is 10.2. The molecule has 1 aliphatic rings. The Labute approximate surface area is 404 Å². The van der Waals surface area contributed by atoms with Crippen LogP contribution in [0.15, 0.2) is 277 Å². The van der Waals surface area contributed by atoms with Crippen molar-refractivity contribution in [2.24, 2.45) is 0 Å². The second kappa shape index (κ2) is 18.7. The van der Waals surface area contributed by atoms with Crippen molar-refractivity contribution < 1.29 is 13.2 Å². The third-order valence-electron chi connectivity index (χ3n) is 13.4. The summed E-state index contributed by atoms with van der Waals surface area (Å²) in [5.41, 5.74) is 15.0. The molecule has 1 heterocycles. The average molecular weight is 907 g/mol. The topological polar surface area (TPSA) is 51.2 Å². The number of fused-ring (bicyclic) bond motifs is 2. The van der Waals surface area contributed by atoms with Crippen molar-refractivity contribution in [2.75, 3.05) is 0 Å². The molecule has 1 atom stereocenters. The highest BCUT2D eigenvalue weighted by Gasteiger charge is 2.35. The molecule has 69 heavy (non-hydrogen) atoms. The third-order valence-corrected chi connectivity index (χ3v) is 15.3. The molecule has 0 spiro atoms. The molecule has 330 valence electrons. The molecule has 10 aromatic rings. The van der Waals surface area contributed by atoms with E-state index in [9.17, 15) is 13.2 Å². The maximum Gasteiger partial charge on any atom is 0.208 e. The van der Waals surface area contributed by atoms with Crippen molar-refractivity contribution in [1.29, 1.82) is 0 Å². The summed E-state index contributed by atoms with van der Waals surface area (Å²) in [6.07, 6.45) is 0. The summed E-state index contributed by atoms with van der Waals surface area (Å²) >= 11 is 0. The van der Waals surface area contributed by atoms with Crippen LogP contribution >= 0.6 is 0 Å². The predicted molar refractivity (Wildman–Crippen MR) is 280 cm³/mol. The van der Waals surface area contributed by atoms with Gasteiger partial charge >= 0.3 is 0 Å². The van der Waals surface area contributed by atoms with Gasteiger partial charge in [0.05, 0.1) is 9.79 Å². The van der Waals surface area contributed by atoms with Crippen LogP contribution in [-0.2, 0) is 9.84 Å². The van der Waals surface area contributed by atoms with Gasteiger partial charge in [0.15, 0.2) is 5.78 Å². The molecule has 0 N–H and O–H groups in total. The Morgan fingerprint density at radius 1 is 0.290 bits per heavy atom. The number of sulfone groups is 1. The van der Waals surface area contributed by atoms with Crippen LogP contribution in [0.4, 0.5) is 0 Å². The highest BCUT2D eigenvalue weighted by atomic mass is 32.2. The smallest absolute Gasteiger partial charge is 0.208 e. The van der Waals surface area contributed by atoms with Crippen molar-refractivity contribution in [3.8, 4) is 22.3 Å². The number of hydrogen-bond acceptors (Lipinski definition) is 3. The first-order chi connectivity index (χ1) is 33.9. The first-order valence-electron chi connectivity index (χ1n) is 23.3. The van der Waals surface area contributed by atoms with Crippen molar-refractivity contribution in [3.63, 3.8) is 0 Å². The first-order valence-corrected chi connectivity index (χ1v) is 24.8. The van der Waals surface area contributed by atoms with Crippen molar-refractivity contribution in [2.45, 2.75) is 21.6 Å². The highest BCUT2D eigenvalue weighted by molar-refractivity contribution is 7.91. The molecule has 0 bridgehead atoms. The lowest BCUT2D eigenvalue weighted by Crippen LogP contribution is -2.20. The van der Waals surface area contributed by atoms with E-state index in [0.717, 1.165) is 55.7 Å². The zero-order valence-corrected chi connectivity index (χ0v) is 38.5. The first kappa shape index (κ1) is 43.1. The van der Waals surface area contributed by atoms with Crippen molar-refractivity contribution in [3.05, 3.63) is 323 Å². The second-order valence-electron chi connectivity index (χ2n) is 17.5. The van der Waals surface area contributed by atoms with Gasteiger partial charge in [-0.25, -0.2) is 8.42 Å². The van der Waals surface area contributed by atoms with E-state index in [1.165, 1.54) is 28.3 Å². The summed E-state index contributed by atoms with van der Waals surface area (Å²) in [6.45, 7) is 0. The zero-order valence-electron chi connectivity index (χ0n) is 37.7. The minimum absolute atomic E-state index is 0.00339. The number of benzene rings is 10. The Bertz CT molecular complexity index is 3510. The molecule has 10 aromatic carbocycles. The van der Waals surface area contributed by atoms with Gasteiger partial charge in [0.2, 0.25) is 9.84 Å². The van der Waals surface area contributed by atoms with Gasteiger partial charge in [-0.2, -0.15) is 0 Å². The molecule has 3 nitrogen and oxygen atoms in total. The summed E-state index contributed by atoms with van der Waals surface area (Å²) in [5.74, 6) is -0.272. The zero-order chi connectivity index (χ0) is 46.7. The van der Waals surface area contributed by atoms with Crippen LogP contribution in [0.2, 0.25) is 0 Å². The number of carbonyl (C=O) groups is 1. The molecule has 0 saturated carbocycles. The normalized spacial score (nSPS) is 13.0. The molecule has 0 amide bonds. The Balaban J connectivity index is 1.13. The molecule has 11 rings (SSSR count). The van der Waals surface area contributed by atoms with Gasteiger partial charge in [-0.3, -0.25) is 4.79 Å². The molecular weight excluding hydrogens is 861 g/mol. The molecule has 0 aromatic heterocycles. The van der Waals surface area contributed by atoms with Crippen molar-refractivity contribution >= 4 is 26.8 Å². The SMILES string of the molecule is O=C1c2ccccc2S(=O)(=O)c2ccc(-c3cc(C(=C(c4ccccc4)c4ccccc4)c4ccccc4)ccc3-c3ccc(C(c4ccccc4)C(c4ccccc4)c4ccccc4)cc3)cc21. The van der Waals surface area contributed by atoms with E-state index in [2.05, 4.69) is 206 Å². The van der Waals surface area contributed by atoms with E-state index in [1.807, 2.05) is 24.3 Å². The van der Waals surface area contributed by atoms with E-state index in [4.69, 9.17) is 0 Å². The minimum atomic E-state index is -3.94. The summed E-state index contributed by atoms with van der Waals surface area (Å²) in [6, 6.07) is 90.9. The Kier molecular flexibility index (Phi) is 11.7. The maximum absolute atomic E-state index is 14.3. The number of hydrogen-bond donors (Lipinski definition) is 0. The lowest BCUT2D eigenvalue weighted by atomic mass is 9.73. The Morgan fingerprint density at radius 2 is 0.681 bits per heavy atom. The number of carbonyl (C=O) groups excluding carboxylic acids is 1. The highest BCUT2D eigenvalue weighted by Crippen LogP contribution is 2.46. The Hall–Kier alpha value is -8.44. The fourth-order valence-corrected chi connectivity index (χ4v) is 11.8. The van der Waals surface area contributed by atoms with Crippen LogP contribution in [0, 0.1) is 0 Å². The van der Waals surface area contributed by atoms with E-state index in [1.54, 1.807) is 30.3 Å². The predicted octanol–water partition coefficient (Wildman–Crippen LogP) is 15.4. The van der Waals surface area contributed by atoms with Gasteiger partial charge < -0.3 is 0 Å². The van der Waals surface area contributed by atoms with Crippen LogP contribution in [0.1, 0.15) is 72.3 Å². The summed E-state index contributed by atoms with van der Waals surface area (Å²) in [7, 11) is -3.94. The van der Waals surface area contributed by atoms with E-state index in [-0.39, 0.29) is 38.5 Å². The largest absolute Gasteiger partial charge is 0.289 e. The second-order valence-corrected chi connectivity index (χ2v) is 19.3. The molecule has 4 heteroatoms. The van der Waals surface area contributed by atoms with Crippen molar-refractivity contribution in [1.82, 2.24) is 0 Å². The number of ketones is 1. The van der Waals surface area contributed by atoms with Gasteiger partial charge in [0, 0.05) is 23.0 Å². The monoisotopic (exact) mass is 906 g/mol. The third kappa shape index (κ3) is 8.26. The molecular formula is C65H46O3S. The van der Waals surface area contributed by atoms with Crippen LogP contribution in [-0.4, -0.2) is 14.2 Å². The average Bonchev–Trinajstić information content (AvgIpc) is 3.42. The molecule has 0 fully saturated rings. The van der Waals surface area contributed by atoms with Crippen LogP contribution in [0.25, 0.3) is 33.4 Å². The minimum Gasteiger partial charge on any atom is -0.289 e. The number of rotatable bonds is 11. The standard InChI is InChI=1S/C65H46O3S/c66-65-56-33-19-20-34-59(56)69(67,68)60-42-40-53(43-58(60)65)57-44-54(64(51-31-17-6-18-32-51)62(48-25-11-3-12-26-48)49-27-13-4-14-28-49)39-41-55(57)45-35-37-52(38-36-45)63(50-29-15-5-16-30-50)61(46-21-7-1-8-22-46)47-23-9-2-10-24-47/h1-44,61,63H. The Morgan fingerprint density at radius 3 is 1.17 bits per heavy atom. The fraction of sp³-hybridized carbons (Fsp3) is 0.0308. The van der Waals surface area contributed by atoms with Crippen LogP contribution in [0.3, 0.4) is 0 Å². The van der Waals surface area contributed by atoms with Gasteiger partial charge in [0.25, 0.3) is 0 Å². The van der Waals surface area contributed by atoms with E-state index >= 15 is 0 Å². The molecule has 1 aliphatic heterocycles. The molecule has 1 unspecified atom stereocenters. The van der Waals surface area contributed by atoms with Crippen LogP contribution < -0.4 is 0 Å². The van der Waals surface area contributed by atoms with E-state index < -0.39 is 9.84 Å². The molecule has 0 radical (unpaired) electrons. The van der Waals surface area contributed by atoms with E-state index in [0.29, 0.717) is 0 Å². The van der Waals surface area contributed by atoms with Gasteiger partial charge in [-0.1, -0.05) is 237 Å². The lowest BCUT2D eigenvalue weighted by Gasteiger charge is -2.29. The van der Waals surface area contributed by atoms with Gasteiger partial charge in [-0.15, -0.1) is 0 Å². The summed E-state index contributed by atoms with van der Waals surface area (Å²) < 4.78 is 28.2. The molecule has 0 saturated heterocycles. The summed E-state index contributed by atoms with van der Waals surface area (Å²) in [4.78, 5) is 14.4. The lowest BCUT2D eigenvalue weighted by molar-refractivity contribution is 0.103. The quantitative estimate of drug-likeness (QED) is 0.122. The summed E-state index contributed by atoms with van der Waals surface area (Å²) in [5, 5.41) is 0. The van der Waals surface area contributed by atoms with Crippen LogP contribution in [0.5, 0.6) is 0 Å². The van der Waals surface area contributed by atoms with Gasteiger partial charge in [-0.05, 0) is 108 Å².